The number of hydrogen-bond acceptors (Lipinski definition) is 8. The minimum Gasteiger partial charge on any atom is -0.450 e. The summed E-state index contributed by atoms with van der Waals surface area (Å²) < 4.78 is 10.4. The van der Waals surface area contributed by atoms with Gasteiger partial charge in [0.1, 0.15) is 11.9 Å². The number of Topliss-reactive ketones (excluding diaryl/α,β-unsaturated/α-hetero) is 1. The first-order valence-corrected chi connectivity index (χ1v) is 11.7. The second-order valence-corrected chi connectivity index (χ2v) is 9.28. The maximum absolute atomic E-state index is 13.0. The molecular formula is C23H32N4O6. The highest BCUT2D eigenvalue weighted by Gasteiger charge is 2.44. The normalized spacial score (nSPS) is 32.9. The molecule has 180 valence electrons. The van der Waals surface area contributed by atoms with Gasteiger partial charge in [-0.25, -0.2) is 9.59 Å². The third-order valence-corrected chi connectivity index (χ3v) is 7.02. The van der Waals surface area contributed by atoms with Crippen LogP contribution in [0.1, 0.15) is 50.8 Å². The Hall–Kier alpha value is -2.72. The zero-order chi connectivity index (χ0) is 23.4. The number of ether oxygens (including phenoxy) is 2. The predicted octanol–water partition coefficient (Wildman–Crippen LogP) is 2.21. The lowest BCUT2D eigenvalue weighted by Gasteiger charge is -2.36. The largest absolute Gasteiger partial charge is 0.507 e. The Labute approximate surface area is 192 Å². The molecule has 33 heavy (non-hydrogen) atoms. The number of pyridine rings is 1. The quantitative estimate of drug-likeness (QED) is 0.451. The Morgan fingerprint density at radius 2 is 2.06 bits per heavy atom. The molecule has 1 amide bonds. The fourth-order valence-electron chi connectivity index (χ4n) is 5.37. The Kier molecular flexibility index (Phi) is 7.44. The number of carbonyl (C=O) groups is 3. The van der Waals surface area contributed by atoms with E-state index in [2.05, 4.69) is 20.9 Å². The van der Waals surface area contributed by atoms with E-state index in [4.69, 9.17) is 14.6 Å². The summed E-state index contributed by atoms with van der Waals surface area (Å²) in [6.07, 6.45) is 1.89. The fraction of sp³-hybridized carbons (Fsp3) is 0.652. The highest BCUT2D eigenvalue weighted by Crippen LogP contribution is 2.35. The molecule has 0 bridgehead atoms. The highest BCUT2D eigenvalue weighted by atomic mass is 16.7. The van der Waals surface area contributed by atoms with Crippen LogP contribution in [-0.2, 0) is 14.3 Å². The fourth-order valence-corrected chi connectivity index (χ4v) is 5.37. The molecule has 4 heterocycles. The molecule has 4 N–H and O–H groups in total. The van der Waals surface area contributed by atoms with E-state index in [9.17, 15) is 14.4 Å². The SMILES string of the molecule is CC(CC(=O)C1CCNC(OC(=O)O)C1)C1OC(=O)NC1C1CCNC(c2ccccn2)C1. The number of nitrogens with one attached hydrogen (secondary N) is 3. The number of ketones is 1. The van der Waals surface area contributed by atoms with E-state index >= 15 is 0 Å². The molecule has 3 saturated heterocycles. The lowest BCUT2D eigenvalue weighted by Crippen LogP contribution is -2.47. The molecule has 0 radical (unpaired) electrons. The van der Waals surface area contributed by atoms with Crippen molar-refractivity contribution in [3.8, 4) is 0 Å². The number of nitrogens with zero attached hydrogens (tertiary/aromatic N) is 1. The van der Waals surface area contributed by atoms with Gasteiger partial charge in [0, 0.05) is 36.9 Å². The van der Waals surface area contributed by atoms with Gasteiger partial charge in [0.2, 0.25) is 0 Å². The summed E-state index contributed by atoms with van der Waals surface area (Å²) in [6, 6.07) is 5.81. The molecule has 1 aromatic heterocycles. The van der Waals surface area contributed by atoms with Gasteiger partial charge in [-0.3, -0.25) is 15.1 Å². The van der Waals surface area contributed by atoms with Gasteiger partial charge in [-0.2, -0.15) is 0 Å². The second kappa shape index (κ2) is 10.5. The van der Waals surface area contributed by atoms with Crippen molar-refractivity contribution < 1.29 is 29.0 Å². The lowest BCUT2D eigenvalue weighted by molar-refractivity contribution is -0.127. The third-order valence-electron chi connectivity index (χ3n) is 7.02. The Balaban J connectivity index is 1.37. The summed E-state index contributed by atoms with van der Waals surface area (Å²) in [5, 5.41) is 18.3. The van der Waals surface area contributed by atoms with Crippen molar-refractivity contribution in [1.82, 2.24) is 20.9 Å². The van der Waals surface area contributed by atoms with Crippen LogP contribution in [0.2, 0.25) is 0 Å². The average Bonchev–Trinajstić information content (AvgIpc) is 3.21. The molecule has 10 heteroatoms. The molecule has 1 aromatic rings. The van der Waals surface area contributed by atoms with Crippen LogP contribution < -0.4 is 16.0 Å². The standard InChI is InChI=1S/C23H32N4O6/c1-13(10-18(28)14-5-9-26-19(12-14)32-23(30)31)21-20(27-22(29)33-21)15-6-8-25-17(11-15)16-4-2-3-7-24-16/h2-4,7,13-15,17,19-21,25-26H,5-6,8-12H2,1H3,(H,27,29)(H,30,31). The van der Waals surface area contributed by atoms with E-state index in [-0.39, 0.29) is 48.1 Å². The number of cyclic esters (lactones) is 1. The molecule has 4 rings (SSSR count). The molecule has 0 aliphatic carbocycles. The molecule has 7 atom stereocenters. The minimum absolute atomic E-state index is 0.0568. The van der Waals surface area contributed by atoms with E-state index in [1.54, 1.807) is 6.20 Å². The van der Waals surface area contributed by atoms with Crippen molar-refractivity contribution in [2.45, 2.75) is 63.4 Å². The maximum atomic E-state index is 13.0. The number of aromatic nitrogens is 1. The molecule has 10 nitrogen and oxygen atoms in total. The molecule has 3 fully saturated rings. The molecule has 0 spiro atoms. The average molecular weight is 461 g/mol. The van der Waals surface area contributed by atoms with Crippen molar-refractivity contribution in [3.63, 3.8) is 0 Å². The molecule has 0 aromatic carbocycles. The number of piperidine rings is 2. The van der Waals surface area contributed by atoms with Crippen molar-refractivity contribution in [2.75, 3.05) is 13.1 Å². The van der Waals surface area contributed by atoms with Crippen molar-refractivity contribution in [3.05, 3.63) is 30.1 Å². The summed E-state index contributed by atoms with van der Waals surface area (Å²) in [4.78, 5) is 40.4. The minimum atomic E-state index is -1.35. The second-order valence-electron chi connectivity index (χ2n) is 9.28. The van der Waals surface area contributed by atoms with Crippen LogP contribution in [-0.4, -0.2) is 59.6 Å². The van der Waals surface area contributed by atoms with Gasteiger partial charge < -0.3 is 25.2 Å². The number of amides is 1. The first-order valence-electron chi connectivity index (χ1n) is 11.7. The number of carboxylic acid groups (broad SMARTS) is 1. The zero-order valence-corrected chi connectivity index (χ0v) is 18.7. The summed E-state index contributed by atoms with van der Waals surface area (Å²) in [5.74, 6) is -0.159. The molecular weight excluding hydrogens is 428 g/mol. The van der Waals surface area contributed by atoms with E-state index < -0.39 is 18.5 Å². The molecule has 0 saturated carbocycles. The van der Waals surface area contributed by atoms with Gasteiger partial charge in [-0.05, 0) is 50.4 Å². The van der Waals surface area contributed by atoms with Gasteiger partial charge in [0.25, 0.3) is 0 Å². The Morgan fingerprint density at radius 3 is 2.82 bits per heavy atom. The highest BCUT2D eigenvalue weighted by molar-refractivity contribution is 5.81. The smallest absolute Gasteiger partial charge is 0.450 e. The lowest BCUT2D eigenvalue weighted by atomic mass is 9.78. The van der Waals surface area contributed by atoms with Gasteiger partial charge in [-0.15, -0.1) is 0 Å². The summed E-state index contributed by atoms with van der Waals surface area (Å²) in [6.45, 7) is 3.28. The van der Waals surface area contributed by atoms with Crippen LogP contribution in [0.25, 0.3) is 0 Å². The van der Waals surface area contributed by atoms with E-state index in [0.29, 0.717) is 19.4 Å². The predicted molar refractivity (Wildman–Crippen MR) is 117 cm³/mol. The Morgan fingerprint density at radius 1 is 1.24 bits per heavy atom. The number of rotatable bonds is 7. The van der Waals surface area contributed by atoms with Crippen LogP contribution >= 0.6 is 0 Å². The number of hydrogen-bond donors (Lipinski definition) is 4. The monoisotopic (exact) mass is 460 g/mol. The van der Waals surface area contributed by atoms with Crippen LogP contribution in [0.3, 0.4) is 0 Å². The first-order chi connectivity index (χ1) is 15.9. The topological polar surface area (TPSA) is 139 Å². The van der Waals surface area contributed by atoms with Gasteiger partial charge >= 0.3 is 12.2 Å². The van der Waals surface area contributed by atoms with Crippen LogP contribution in [0.5, 0.6) is 0 Å². The zero-order valence-electron chi connectivity index (χ0n) is 18.7. The van der Waals surface area contributed by atoms with Crippen molar-refractivity contribution in [2.24, 2.45) is 17.8 Å². The summed E-state index contributed by atoms with van der Waals surface area (Å²) >= 11 is 0. The maximum Gasteiger partial charge on any atom is 0.507 e. The number of alkyl carbamates (subject to hydrolysis) is 1. The van der Waals surface area contributed by atoms with Crippen molar-refractivity contribution in [1.29, 1.82) is 0 Å². The first kappa shape index (κ1) is 23.4. The van der Waals surface area contributed by atoms with Crippen LogP contribution in [0.15, 0.2) is 24.4 Å². The van der Waals surface area contributed by atoms with E-state index in [1.165, 1.54) is 0 Å². The third kappa shape index (κ3) is 5.80. The summed E-state index contributed by atoms with van der Waals surface area (Å²) in [7, 11) is 0. The van der Waals surface area contributed by atoms with Gasteiger partial charge in [0.05, 0.1) is 11.7 Å². The molecule has 7 unspecified atom stereocenters. The van der Waals surface area contributed by atoms with Gasteiger partial charge in [-0.1, -0.05) is 13.0 Å². The Bertz CT molecular complexity index is 853. The van der Waals surface area contributed by atoms with Gasteiger partial charge in [0.15, 0.2) is 6.23 Å². The van der Waals surface area contributed by atoms with Crippen LogP contribution in [0.4, 0.5) is 9.59 Å². The van der Waals surface area contributed by atoms with Crippen LogP contribution in [0, 0.1) is 17.8 Å². The van der Waals surface area contributed by atoms with E-state index in [0.717, 1.165) is 25.1 Å². The summed E-state index contributed by atoms with van der Waals surface area (Å²) in [5.41, 5.74) is 0.983. The molecule has 3 aliphatic heterocycles. The number of carbonyl (C=O) groups excluding carboxylic acids is 2. The molecule has 3 aliphatic rings. The van der Waals surface area contributed by atoms with Crippen molar-refractivity contribution >= 4 is 18.0 Å². The van der Waals surface area contributed by atoms with E-state index in [1.807, 2.05) is 25.1 Å².